The standard InChI is InChI=1S/C14H17N3O2S/c1-2-19-14(18)10-3-6-17(7-4-10)12-11-5-8-20-13(11)16-9-15-12/h5,8-10H,2-4,6-7H2,1H3. The number of carbonyl (C=O) groups excluding carboxylic acids is 1. The molecule has 3 rings (SSSR count). The molecule has 0 spiro atoms. The van der Waals surface area contributed by atoms with E-state index >= 15 is 0 Å². The van der Waals surface area contributed by atoms with Gasteiger partial charge in [0.05, 0.1) is 17.9 Å². The maximum atomic E-state index is 11.7. The molecular formula is C14H17N3O2S. The van der Waals surface area contributed by atoms with Gasteiger partial charge in [0, 0.05) is 13.1 Å². The molecule has 0 aromatic carbocycles. The second kappa shape index (κ2) is 5.75. The van der Waals surface area contributed by atoms with Gasteiger partial charge in [0.15, 0.2) is 0 Å². The number of rotatable bonds is 3. The number of thiophene rings is 1. The SMILES string of the molecule is CCOC(=O)C1CCN(c2ncnc3sccc23)CC1. The molecule has 6 heteroatoms. The molecule has 1 saturated heterocycles. The number of hydrogen-bond donors (Lipinski definition) is 0. The second-order valence-electron chi connectivity index (χ2n) is 4.85. The molecule has 1 fully saturated rings. The molecule has 0 radical (unpaired) electrons. The van der Waals surface area contributed by atoms with Gasteiger partial charge in [-0.3, -0.25) is 4.79 Å². The van der Waals surface area contributed by atoms with Gasteiger partial charge >= 0.3 is 5.97 Å². The Morgan fingerprint density at radius 3 is 3.00 bits per heavy atom. The second-order valence-corrected chi connectivity index (χ2v) is 5.74. The summed E-state index contributed by atoms with van der Waals surface area (Å²) in [5.74, 6) is 0.958. The minimum atomic E-state index is -0.0597. The first-order valence-corrected chi connectivity index (χ1v) is 7.77. The molecule has 0 saturated carbocycles. The zero-order valence-corrected chi connectivity index (χ0v) is 12.2. The number of fused-ring (bicyclic) bond motifs is 1. The fourth-order valence-corrected chi connectivity index (χ4v) is 3.34. The highest BCUT2D eigenvalue weighted by atomic mass is 32.1. The minimum Gasteiger partial charge on any atom is -0.466 e. The van der Waals surface area contributed by atoms with Crippen LogP contribution in [0.1, 0.15) is 19.8 Å². The molecule has 5 nitrogen and oxygen atoms in total. The van der Waals surface area contributed by atoms with Crippen LogP contribution in [-0.4, -0.2) is 35.6 Å². The fourth-order valence-electron chi connectivity index (χ4n) is 2.62. The van der Waals surface area contributed by atoms with Crippen molar-refractivity contribution >= 4 is 33.3 Å². The summed E-state index contributed by atoms with van der Waals surface area (Å²) < 4.78 is 5.10. The lowest BCUT2D eigenvalue weighted by Crippen LogP contribution is -2.37. The van der Waals surface area contributed by atoms with E-state index < -0.39 is 0 Å². The number of piperidine rings is 1. The van der Waals surface area contributed by atoms with Gasteiger partial charge in [0.25, 0.3) is 0 Å². The van der Waals surface area contributed by atoms with Gasteiger partial charge in [0.2, 0.25) is 0 Å². The molecular weight excluding hydrogens is 274 g/mol. The van der Waals surface area contributed by atoms with E-state index in [4.69, 9.17) is 4.74 Å². The highest BCUT2D eigenvalue weighted by Crippen LogP contribution is 2.30. The number of ether oxygens (including phenoxy) is 1. The van der Waals surface area contributed by atoms with Crippen molar-refractivity contribution in [3.8, 4) is 0 Å². The van der Waals surface area contributed by atoms with E-state index in [-0.39, 0.29) is 11.9 Å². The van der Waals surface area contributed by atoms with Gasteiger partial charge in [0.1, 0.15) is 17.0 Å². The molecule has 0 aliphatic carbocycles. The third-order valence-electron chi connectivity index (χ3n) is 3.66. The van der Waals surface area contributed by atoms with Crippen molar-refractivity contribution in [2.24, 2.45) is 5.92 Å². The predicted octanol–water partition coefficient (Wildman–Crippen LogP) is 2.47. The van der Waals surface area contributed by atoms with Gasteiger partial charge in [-0.25, -0.2) is 9.97 Å². The Morgan fingerprint density at radius 1 is 1.45 bits per heavy atom. The summed E-state index contributed by atoms with van der Waals surface area (Å²) in [7, 11) is 0. The van der Waals surface area contributed by atoms with Crippen LogP contribution in [0.5, 0.6) is 0 Å². The third-order valence-corrected chi connectivity index (χ3v) is 4.48. The lowest BCUT2D eigenvalue weighted by Gasteiger charge is -2.31. The van der Waals surface area contributed by atoms with Crippen LogP contribution in [0.25, 0.3) is 10.2 Å². The largest absolute Gasteiger partial charge is 0.466 e. The normalized spacial score (nSPS) is 16.6. The molecule has 2 aromatic heterocycles. The van der Waals surface area contributed by atoms with Crippen LogP contribution in [0.2, 0.25) is 0 Å². The monoisotopic (exact) mass is 291 g/mol. The number of nitrogens with zero attached hydrogens (tertiary/aromatic N) is 3. The topological polar surface area (TPSA) is 55.3 Å². The van der Waals surface area contributed by atoms with Gasteiger partial charge in [-0.05, 0) is 31.2 Å². The van der Waals surface area contributed by atoms with Crippen LogP contribution in [-0.2, 0) is 9.53 Å². The van der Waals surface area contributed by atoms with E-state index in [1.165, 1.54) is 0 Å². The quantitative estimate of drug-likeness (QED) is 0.813. The number of esters is 1. The van der Waals surface area contributed by atoms with Crippen LogP contribution in [0.15, 0.2) is 17.8 Å². The van der Waals surface area contributed by atoms with E-state index in [9.17, 15) is 4.79 Å². The van der Waals surface area contributed by atoms with Crippen LogP contribution in [0.3, 0.4) is 0 Å². The maximum absolute atomic E-state index is 11.7. The molecule has 2 aromatic rings. The Bertz CT molecular complexity index is 605. The van der Waals surface area contributed by atoms with Gasteiger partial charge in [-0.1, -0.05) is 0 Å². The Labute approximate surface area is 121 Å². The number of hydrogen-bond acceptors (Lipinski definition) is 6. The van der Waals surface area contributed by atoms with Crippen molar-refractivity contribution in [1.29, 1.82) is 0 Å². The summed E-state index contributed by atoms with van der Waals surface area (Å²) >= 11 is 1.63. The van der Waals surface area contributed by atoms with Crippen LogP contribution >= 0.6 is 11.3 Å². The van der Waals surface area contributed by atoms with E-state index in [1.807, 2.05) is 12.3 Å². The zero-order valence-electron chi connectivity index (χ0n) is 11.4. The van der Waals surface area contributed by atoms with E-state index in [0.717, 1.165) is 42.0 Å². The van der Waals surface area contributed by atoms with Crippen molar-refractivity contribution in [3.05, 3.63) is 17.8 Å². The summed E-state index contributed by atoms with van der Waals surface area (Å²) in [4.78, 5) is 23.7. The molecule has 3 heterocycles. The third kappa shape index (κ3) is 2.47. The predicted molar refractivity (Wildman–Crippen MR) is 79.0 cm³/mol. The summed E-state index contributed by atoms with van der Waals surface area (Å²) in [5.41, 5.74) is 0. The molecule has 0 amide bonds. The van der Waals surface area contributed by atoms with Crippen molar-refractivity contribution in [3.63, 3.8) is 0 Å². The molecule has 0 atom stereocenters. The summed E-state index contributed by atoms with van der Waals surface area (Å²) in [5, 5.41) is 3.14. The highest BCUT2D eigenvalue weighted by molar-refractivity contribution is 7.16. The first-order valence-electron chi connectivity index (χ1n) is 6.89. The van der Waals surface area contributed by atoms with Crippen molar-refractivity contribution in [2.75, 3.05) is 24.6 Å². The molecule has 1 aliphatic heterocycles. The maximum Gasteiger partial charge on any atom is 0.309 e. The lowest BCUT2D eigenvalue weighted by atomic mass is 9.97. The number of carbonyl (C=O) groups is 1. The molecule has 0 N–H and O–H groups in total. The van der Waals surface area contributed by atoms with Gasteiger partial charge in [-0.15, -0.1) is 11.3 Å². The van der Waals surface area contributed by atoms with E-state index in [2.05, 4.69) is 20.9 Å². The first kappa shape index (κ1) is 13.3. The highest BCUT2D eigenvalue weighted by Gasteiger charge is 2.27. The van der Waals surface area contributed by atoms with Crippen molar-refractivity contribution < 1.29 is 9.53 Å². The zero-order chi connectivity index (χ0) is 13.9. The Hall–Kier alpha value is -1.69. The Kier molecular flexibility index (Phi) is 3.82. The van der Waals surface area contributed by atoms with Gasteiger partial charge in [-0.2, -0.15) is 0 Å². The molecule has 20 heavy (non-hydrogen) atoms. The van der Waals surface area contributed by atoms with Crippen molar-refractivity contribution in [1.82, 2.24) is 9.97 Å². The van der Waals surface area contributed by atoms with Crippen LogP contribution < -0.4 is 4.90 Å². The Morgan fingerprint density at radius 2 is 2.25 bits per heavy atom. The average Bonchev–Trinajstić information content (AvgIpc) is 2.96. The van der Waals surface area contributed by atoms with Crippen molar-refractivity contribution in [2.45, 2.75) is 19.8 Å². The Balaban J connectivity index is 1.72. The summed E-state index contributed by atoms with van der Waals surface area (Å²) in [6, 6.07) is 2.06. The first-order chi connectivity index (χ1) is 9.79. The average molecular weight is 291 g/mol. The van der Waals surface area contributed by atoms with Crippen LogP contribution in [0, 0.1) is 5.92 Å². The lowest BCUT2D eigenvalue weighted by molar-refractivity contribution is -0.148. The molecule has 0 unspecified atom stereocenters. The molecule has 106 valence electrons. The molecule has 0 bridgehead atoms. The number of aromatic nitrogens is 2. The van der Waals surface area contributed by atoms with E-state index in [0.29, 0.717) is 6.61 Å². The fraction of sp³-hybridized carbons (Fsp3) is 0.500. The number of anilines is 1. The van der Waals surface area contributed by atoms with Gasteiger partial charge < -0.3 is 9.64 Å². The molecule has 1 aliphatic rings. The summed E-state index contributed by atoms with van der Waals surface area (Å²) in [6.07, 6.45) is 3.27. The smallest absolute Gasteiger partial charge is 0.309 e. The van der Waals surface area contributed by atoms with Crippen LogP contribution in [0.4, 0.5) is 5.82 Å². The van der Waals surface area contributed by atoms with E-state index in [1.54, 1.807) is 17.7 Å². The summed E-state index contributed by atoms with van der Waals surface area (Å²) in [6.45, 7) is 3.98. The minimum absolute atomic E-state index is 0.0333.